The Bertz CT molecular complexity index is 708. The minimum atomic E-state index is -5.00. The number of thiophene rings is 1. The highest BCUT2D eigenvalue weighted by atomic mass is 32.1. The maximum absolute atomic E-state index is 12.3. The fraction of sp³-hybridized carbons (Fsp3) is 0.200. The van der Waals surface area contributed by atoms with Gasteiger partial charge in [0, 0.05) is 6.42 Å². The number of Topliss-reactive ketones (excluding diaryl/α,β-unsaturated/α-hetero) is 1. The first-order chi connectivity index (χ1) is 10.8. The Labute approximate surface area is 133 Å². The average molecular weight is 343 g/mol. The highest BCUT2D eigenvalue weighted by Gasteiger charge is 2.39. The number of benzene rings is 1. The SMILES string of the molecule is O=C(CCc1ccc(O)cc1)c1ccsc1NC(=O)C(F)(F)F. The molecular weight excluding hydrogens is 331 g/mol. The molecule has 2 N–H and O–H groups in total. The highest BCUT2D eigenvalue weighted by Crippen LogP contribution is 2.27. The van der Waals surface area contributed by atoms with Crippen LogP contribution in [0.5, 0.6) is 5.75 Å². The number of phenolic OH excluding ortho intramolecular Hbond substituents is 1. The Balaban J connectivity index is 2.02. The first-order valence-electron chi connectivity index (χ1n) is 6.54. The minimum Gasteiger partial charge on any atom is -0.508 e. The molecule has 2 rings (SSSR count). The van der Waals surface area contributed by atoms with E-state index >= 15 is 0 Å². The molecule has 1 amide bonds. The number of aryl methyl sites for hydroxylation is 1. The van der Waals surface area contributed by atoms with Crippen molar-refractivity contribution in [2.45, 2.75) is 19.0 Å². The Morgan fingerprint density at radius 1 is 1.13 bits per heavy atom. The fourth-order valence-electron chi connectivity index (χ4n) is 1.85. The van der Waals surface area contributed by atoms with Crippen LogP contribution in [0.3, 0.4) is 0 Å². The first-order valence-corrected chi connectivity index (χ1v) is 7.42. The molecule has 23 heavy (non-hydrogen) atoms. The van der Waals surface area contributed by atoms with Crippen LogP contribution < -0.4 is 5.32 Å². The smallest absolute Gasteiger partial charge is 0.471 e. The van der Waals surface area contributed by atoms with Gasteiger partial charge in [-0.2, -0.15) is 13.2 Å². The van der Waals surface area contributed by atoms with Crippen LogP contribution in [0.15, 0.2) is 35.7 Å². The van der Waals surface area contributed by atoms with Crippen LogP contribution in [-0.2, 0) is 11.2 Å². The van der Waals surface area contributed by atoms with Crippen molar-refractivity contribution >= 4 is 28.0 Å². The summed E-state index contributed by atoms with van der Waals surface area (Å²) in [5.74, 6) is -2.36. The number of anilines is 1. The van der Waals surface area contributed by atoms with Gasteiger partial charge in [0.1, 0.15) is 10.8 Å². The van der Waals surface area contributed by atoms with Gasteiger partial charge in [-0.1, -0.05) is 12.1 Å². The van der Waals surface area contributed by atoms with Gasteiger partial charge in [0.25, 0.3) is 0 Å². The molecule has 0 aliphatic carbocycles. The monoisotopic (exact) mass is 343 g/mol. The molecule has 0 aliphatic rings. The molecule has 0 bridgehead atoms. The Hall–Kier alpha value is -2.35. The lowest BCUT2D eigenvalue weighted by molar-refractivity contribution is -0.167. The third kappa shape index (κ3) is 4.56. The summed E-state index contributed by atoms with van der Waals surface area (Å²) in [5, 5.41) is 12.2. The molecule has 1 aromatic carbocycles. The van der Waals surface area contributed by atoms with E-state index in [1.54, 1.807) is 17.4 Å². The molecule has 0 unspecified atom stereocenters. The van der Waals surface area contributed by atoms with E-state index < -0.39 is 12.1 Å². The summed E-state index contributed by atoms with van der Waals surface area (Å²) in [6, 6.07) is 7.67. The van der Waals surface area contributed by atoms with E-state index in [2.05, 4.69) is 0 Å². The number of amides is 1. The number of carbonyl (C=O) groups is 2. The molecule has 0 fully saturated rings. The minimum absolute atomic E-state index is 0.0615. The number of nitrogens with one attached hydrogen (secondary N) is 1. The summed E-state index contributed by atoms with van der Waals surface area (Å²) in [5.41, 5.74) is 0.874. The van der Waals surface area contributed by atoms with Crippen LogP contribution in [0.1, 0.15) is 22.3 Å². The van der Waals surface area contributed by atoms with Crippen molar-refractivity contribution in [3.8, 4) is 5.75 Å². The van der Waals surface area contributed by atoms with E-state index in [1.807, 2.05) is 0 Å². The van der Waals surface area contributed by atoms with Crippen molar-refractivity contribution < 1.29 is 27.9 Å². The molecule has 0 radical (unpaired) electrons. The number of rotatable bonds is 5. The van der Waals surface area contributed by atoms with Gasteiger partial charge in [-0.05, 0) is 35.6 Å². The van der Waals surface area contributed by atoms with Crippen molar-refractivity contribution in [1.82, 2.24) is 0 Å². The summed E-state index contributed by atoms with van der Waals surface area (Å²) in [4.78, 5) is 23.1. The number of phenols is 1. The van der Waals surface area contributed by atoms with Crippen molar-refractivity contribution in [1.29, 1.82) is 0 Å². The molecule has 0 saturated carbocycles. The largest absolute Gasteiger partial charge is 0.508 e. The third-order valence-electron chi connectivity index (χ3n) is 3.03. The molecule has 0 spiro atoms. The summed E-state index contributed by atoms with van der Waals surface area (Å²) in [6.07, 6.45) is -4.55. The summed E-state index contributed by atoms with van der Waals surface area (Å²) in [6.45, 7) is 0. The molecule has 122 valence electrons. The predicted molar refractivity (Wildman–Crippen MR) is 79.8 cm³/mol. The number of alkyl halides is 3. The van der Waals surface area contributed by atoms with Crippen molar-refractivity contribution in [2.24, 2.45) is 0 Å². The molecule has 0 atom stereocenters. The van der Waals surface area contributed by atoms with Gasteiger partial charge in [-0.25, -0.2) is 0 Å². The van der Waals surface area contributed by atoms with Gasteiger partial charge in [0.05, 0.1) is 5.56 Å². The van der Waals surface area contributed by atoms with Crippen molar-refractivity contribution in [3.63, 3.8) is 0 Å². The first kappa shape index (κ1) is 17.0. The van der Waals surface area contributed by atoms with E-state index in [-0.39, 0.29) is 28.5 Å². The summed E-state index contributed by atoms with van der Waals surface area (Å²) < 4.78 is 36.8. The third-order valence-corrected chi connectivity index (χ3v) is 3.86. The lowest BCUT2D eigenvalue weighted by Gasteiger charge is -2.08. The lowest BCUT2D eigenvalue weighted by Crippen LogP contribution is -2.30. The number of carbonyl (C=O) groups excluding carboxylic acids is 2. The van der Waals surface area contributed by atoms with E-state index in [1.165, 1.54) is 23.6 Å². The lowest BCUT2D eigenvalue weighted by atomic mass is 10.0. The second kappa shape index (κ2) is 6.82. The maximum Gasteiger partial charge on any atom is 0.471 e. The Morgan fingerprint density at radius 2 is 1.78 bits per heavy atom. The van der Waals surface area contributed by atoms with Crippen LogP contribution in [-0.4, -0.2) is 23.0 Å². The highest BCUT2D eigenvalue weighted by molar-refractivity contribution is 7.14. The van der Waals surface area contributed by atoms with Gasteiger partial charge >= 0.3 is 12.1 Å². The van der Waals surface area contributed by atoms with Gasteiger partial charge in [0.15, 0.2) is 5.78 Å². The zero-order valence-corrected chi connectivity index (χ0v) is 12.5. The van der Waals surface area contributed by atoms with Crippen LogP contribution >= 0.6 is 11.3 Å². The molecule has 4 nitrogen and oxygen atoms in total. The van der Waals surface area contributed by atoms with Crippen LogP contribution in [0.2, 0.25) is 0 Å². The zero-order chi connectivity index (χ0) is 17.0. The number of hydrogen-bond donors (Lipinski definition) is 2. The predicted octanol–water partition coefficient (Wildman–Crippen LogP) is 3.77. The average Bonchev–Trinajstić information content (AvgIpc) is 2.93. The standard InChI is InChI=1S/C15H12F3NO3S/c16-15(17,18)14(22)19-13-11(7-8-23-13)12(21)6-3-9-1-4-10(20)5-2-9/h1-2,4-5,7-8,20H,3,6H2,(H,19,22). The Kier molecular flexibility index (Phi) is 5.05. The number of hydrogen-bond acceptors (Lipinski definition) is 4. The molecule has 1 aromatic heterocycles. The molecule has 1 heterocycles. The van der Waals surface area contributed by atoms with Gasteiger partial charge in [-0.3, -0.25) is 9.59 Å². The zero-order valence-electron chi connectivity index (χ0n) is 11.7. The quantitative estimate of drug-likeness (QED) is 0.812. The fourth-order valence-corrected chi connectivity index (χ4v) is 2.66. The normalized spacial score (nSPS) is 11.3. The van der Waals surface area contributed by atoms with Gasteiger partial charge in [-0.15, -0.1) is 11.3 Å². The molecule has 8 heteroatoms. The van der Waals surface area contributed by atoms with Gasteiger partial charge in [0.2, 0.25) is 0 Å². The number of aromatic hydroxyl groups is 1. The van der Waals surface area contributed by atoms with Crippen LogP contribution in [0, 0.1) is 0 Å². The van der Waals surface area contributed by atoms with Crippen molar-refractivity contribution in [2.75, 3.05) is 5.32 Å². The van der Waals surface area contributed by atoms with E-state index in [0.717, 1.165) is 16.9 Å². The van der Waals surface area contributed by atoms with E-state index in [4.69, 9.17) is 0 Å². The molecule has 0 aliphatic heterocycles. The molecule has 0 saturated heterocycles. The van der Waals surface area contributed by atoms with Gasteiger partial charge < -0.3 is 10.4 Å². The summed E-state index contributed by atoms with van der Waals surface area (Å²) in [7, 11) is 0. The number of halogens is 3. The Morgan fingerprint density at radius 3 is 2.39 bits per heavy atom. The van der Waals surface area contributed by atoms with Crippen LogP contribution in [0.25, 0.3) is 0 Å². The van der Waals surface area contributed by atoms with E-state index in [0.29, 0.717) is 6.42 Å². The van der Waals surface area contributed by atoms with E-state index in [9.17, 15) is 27.9 Å². The number of ketones is 1. The maximum atomic E-state index is 12.3. The topological polar surface area (TPSA) is 66.4 Å². The van der Waals surface area contributed by atoms with Crippen LogP contribution in [0.4, 0.5) is 18.2 Å². The second-order valence-corrected chi connectivity index (χ2v) is 5.62. The summed E-state index contributed by atoms with van der Waals surface area (Å²) >= 11 is 0.860. The van der Waals surface area contributed by atoms with Crippen molar-refractivity contribution in [3.05, 3.63) is 46.8 Å². The second-order valence-electron chi connectivity index (χ2n) is 4.70. The molecular formula is C15H12F3NO3S. The molecule has 2 aromatic rings.